The standard InChI is InChI=1S/C14H25N3O.2ClH/c18-14(4-1-12-5-6-15-11-12)17-9-7-16(8-10-17)13-2-3-13;;/h12-13,15H,1-11H2;2*1H. The number of piperazine rings is 1. The Hall–Kier alpha value is -0.0300. The van der Waals surface area contributed by atoms with E-state index in [1.807, 2.05) is 0 Å². The molecule has 0 aromatic rings. The molecule has 3 rings (SSSR count). The van der Waals surface area contributed by atoms with Gasteiger partial charge in [-0.2, -0.15) is 0 Å². The van der Waals surface area contributed by atoms with E-state index in [1.54, 1.807) is 0 Å². The third-order valence-electron chi connectivity index (χ3n) is 4.66. The van der Waals surface area contributed by atoms with E-state index in [0.717, 1.165) is 64.1 Å². The van der Waals surface area contributed by atoms with Crippen LogP contribution >= 0.6 is 24.8 Å². The van der Waals surface area contributed by atoms with Gasteiger partial charge >= 0.3 is 0 Å². The molecule has 6 heteroatoms. The molecule has 20 heavy (non-hydrogen) atoms. The quantitative estimate of drug-likeness (QED) is 0.852. The van der Waals surface area contributed by atoms with E-state index in [4.69, 9.17) is 0 Å². The fraction of sp³-hybridized carbons (Fsp3) is 0.929. The van der Waals surface area contributed by atoms with Crippen molar-refractivity contribution < 1.29 is 4.79 Å². The Labute approximate surface area is 134 Å². The van der Waals surface area contributed by atoms with Crippen molar-refractivity contribution in [2.24, 2.45) is 5.92 Å². The molecule has 2 heterocycles. The summed E-state index contributed by atoms with van der Waals surface area (Å²) in [6, 6.07) is 0.854. The number of rotatable bonds is 4. The van der Waals surface area contributed by atoms with E-state index < -0.39 is 0 Å². The van der Waals surface area contributed by atoms with Crippen molar-refractivity contribution in [3.05, 3.63) is 0 Å². The zero-order valence-corrected chi connectivity index (χ0v) is 13.7. The van der Waals surface area contributed by atoms with Crippen molar-refractivity contribution in [3.63, 3.8) is 0 Å². The Morgan fingerprint density at radius 3 is 2.30 bits per heavy atom. The zero-order chi connectivity index (χ0) is 12.4. The van der Waals surface area contributed by atoms with Crippen molar-refractivity contribution in [1.29, 1.82) is 0 Å². The molecular weight excluding hydrogens is 297 g/mol. The number of hydrogen-bond acceptors (Lipinski definition) is 3. The normalized spacial score (nSPS) is 26.8. The second-order valence-electron chi connectivity index (χ2n) is 6.05. The van der Waals surface area contributed by atoms with Gasteiger partial charge in [0, 0.05) is 38.6 Å². The molecule has 3 fully saturated rings. The molecule has 2 saturated heterocycles. The van der Waals surface area contributed by atoms with Crippen LogP contribution in [-0.2, 0) is 4.79 Å². The predicted octanol–water partition coefficient (Wildman–Crippen LogP) is 1.53. The molecule has 1 amide bonds. The Kier molecular flexibility index (Phi) is 7.59. The molecule has 0 spiro atoms. The van der Waals surface area contributed by atoms with Crippen LogP contribution in [0.1, 0.15) is 32.1 Å². The van der Waals surface area contributed by atoms with Gasteiger partial charge in [-0.3, -0.25) is 9.69 Å². The molecular formula is C14H27Cl2N3O. The first-order valence-electron chi connectivity index (χ1n) is 7.55. The maximum Gasteiger partial charge on any atom is 0.222 e. The topological polar surface area (TPSA) is 35.6 Å². The number of carbonyl (C=O) groups excluding carboxylic acids is 1. The monoisotopic (exact) mass is 323 g/mol. The molecule has 3 aliphatic rings. The lowest BCUT2D eigenvalue weighted by molar-refractivity contribution is -0.133. The Balaban J connectivity index is 0.000001000. The van der Waals surface area contributed by atoms with Crippen LogP contribution in [0.3, 0.4) is 0 Å². The smallest absolute Gasteiger partial charge is 0.222 e. The lowest BCUT2D eigenvalue weighted by atomic mass is 10.0. The summed E-state index contributed by atoms with van der Waals surface area (Å²) in [5.74, 6) is 1.12. The van der Waals surface area contributed by atoms with Crippen molar-refractivity contribution in [3.8, 4) is 0 Å². The van der Waals surface area contributed by atoms with Gasteiger partial charge < -0.3 is 10.2 Å². The van der Waals surface area contributed by atoms with Gasteiger partial charge in [-0.15, -0.1) is 24.8 Å². The molecule has 2 aliphatic heterocycles. The molecule has 1 aliphatic carbocycles. The molecule has 118 valence electrons. The number of carbonyl (C=O) groups is 1. The Bertz CT molecular complexity index is 299. The fourth-order valence-corrected chi connectivity index (χ4v) is 3.22. The average Bonchev–Trinajstić information content (AvgIpc) is 3.13. The van der Waals surface area contributed by atoms with Crippen LogP contribution in [0.15, 0.2) is 0 Å². The minimum absolute atomic E-state index is 0. The minimum atomic E-state index is 0. The van der Waals surface area contributed by atoms with Crippen LogP contribution < -0.4 is 5.32 Å². The molecule has 1 saturated carbocycles. The molecule has 1 N–H and O–H groups in total. The van der Waals surface area contributed by atoms with Crippen LogP contribution in [0.4, 0.5) is 0 Å². The lowest BCUT2D eigenvalue weighted by Gasteiger charge is -2.35. The number of nitrogens with one attached hydrogen (secondary N) is 1. The SMILES string of the molecule is Cl.Cl.O=C(CCC1CCNC1)N1CCN(C2CC2)CC1. The molecule has 1 atom stereocenters. The predicted molar refractivity (Wildman–Crippen MR) is 85.9 cm³/mol. The van der Waals surface area contributed by atoms with Crippen molar-refractivity contribution >= 4 is 30.7 Å². The summed E-state index contributed by atoms with van der Waals surface area (Å²) in [5.41, 5.74) is 0. The van der Waals surface area contributed by atoms with Crippen molar-refractivity contribution in [2.45, 2.75) is 38.1 Å². The maximum atomic E-state index is 12.1. The summed E-state index contributed by atoms with van der Waals surface area (Å²) < 4.78 is 0. The van der Waals surface area contributed by atoms with Gasteiger partial charge in [0.1, 0.15) is 0 Å². The molecule has 1 unspecified atom stereocenters. The summed E-state index contributed by atoms with van der Waals surface area (Å²) in [7, 11) is 0. The van der Waals surface area contributed by atoms with Crippen LogP contribution in [0.5, 0.6) is 0 Å². The first kappa shape index (κ1) is 18.0. The summed E-state index contributed by atoms with van der Waals surface area (Å²) in [6.45, 7) is 6.36. The minimum Gasteiger partial charge on any atom is -0.340 e. The average molecular weight is 324 g/mol. The van der Waals surface area contributed by atoms with Gasteiger partial charge in [0.2, 0.25) is 5.91 Å². The van der Waals surface area contributed by atoms with E-state index in [9.17, 15) is 4.79 Å². The van der Waals surface area contributed by atoms with E-state index in [2.05, 4.69) is 15.1 Å². The second-order valence-corrected chi connectivity index (χ2v) is 6.05. The molecule has 4 nitrogen and oxygen atoms in total. The van der Waals surface area contributed by atoms with E-state index in [1.165, 1.54) is 19.3 Å². The second kappa shape index (κ2) is 8.42. The Morgan fingerprint density at radius 1 is 1.05 bits per heavy atom. The van der Waals surface area contributed by atoms with Crippen molar-refractivity contribution in [1.82, 2.24) is 15.1 Å². The summed E-state index contributed by atoms with van der Waals surface area (Å²) >= 11 is 0. The van der Waals surface area contributed by atoms with Gasteiger partial charge in [0.25, 0.3) is 0 Å². The van der Waals surface area contributed by atoms with Crippen molar-refractivity contribution in [2.75, 3.05) is 39.3 Å². The molecule has 0 aromatic carbocycles. The van der Waals surface area contributed by atoms with Gasteiger partial charge in [-0.1, -0.05) is 0 Å². The number of amides is 1. The lowest BCUT2D eigenvalue weighted by Crippen LogP contribution is -2.49. The van der Waals surface area contributed by atoms with Gasteiger partial charge in [0.05, 0.1) is 0 Å². The summed E-state index contributed by atoms with van der Waals surface area (Å²) in [5, 5.41) is 3.37. The van der Waals surface area contributed by atoms with E-state index in [-0.39, 0.29) is 24.8 Å². The van der Waals surface area contributed by atoms with E-state index in [0.29, 0.717) is 5.91 Å². The largest absolute Gasteiger partial charge is 0.340 e. The third-order valence-corrected chi connectivity index (χ3v) is 4.66. The van der Waals surface area contributed by atoms with Crippen LogP contribution in [0.2, 0.25) is 0 Å². The van der Waals surface area contributed by atoms with Crippen LogP contribution in [-0.4, -0.2) is 61.0 Å². The fourth-order valence-electron chi connectivity index (χ4n) is 3.22. The van der Waals surface area contributed by atoms with Crippen LogP contribution in [0, 0.1) is 5.92 Å². The van der Waals surface area contributed by atoms with Gasteiger partial charge in [-0.25, -0.2) is 0 Å². The highest BCUT2D eigenvalue weighted by Gasteiger charge is 2.32. The number of hydrogen-bond donors (Lipinski definition) is 1. The van der Waals surface area contributed by atoms with Gasteiger partial charge in [0.15, 0.2) is 0 Å². The van der Waals surface area contributed by atoms with Gasteiger partial charge in [-0.05, 0) is 44.7 Å². The molecule has 0 bridgehead atoms. The van der Waals surface area contributed by atoms with Crippen LogP contribution in [0.25, 0.3) is 0 Å². The zero-order valence-electron chi connectivity index (χ0n) is 12.1. The first-order valence-corrected chi connectivity index (χ1v) is 7.55. The van der Waals surface area contributed by atoms with E-state index >= 15 is 0 Å². The maximum absolute atomic E-state index is 12.1. The molecule has 0 radical (unpaired) electrons. The first-order chi connectivity index (χ1) is 8.83. The summed E-state index contributed by atoms with van der Waals surface area (Å²) in [6.07, 6.45) is 5.85. The Morgan fingerprint density at radius 2 is 1.75 bits per heavy atom. The number of halogens is 2. The highest BCUT2D eigenvalue weighted by atomic mass is 35.5. The molecule has 0 aromatic heterocycles. The highest BCUT2D eigenvalue weighted by molar-refractivity contribution is 5.85. The third kappa shape index (κ3) is 4.76. The highest BCUT2D eigenvalue weighted by Crippen LogP contribution is 2.27. The number of nitrogens with zero attached hydrogens (tertiary/aromatic N) is 2. The summed E-state index contributed by atoms with van der Waals surface area (Å²) in [4.78, 5) is 16.8.